The van der Waals surface area contributed by atoms with Crippen molar-refractivity contribution in [3.05, 3.63) is 0 Å². The SMILES string of the molecule is CCC[C@@H]1OC(C)(C)O[C@@H]1CO.CC[C@H]1OC(C)(C)O[C@H]1CCO. The quantitative estimate of drug-likeness (QED) is 0.768. The van der Waals surface area contributed by atoms with E-state index < -0.39 is 11.6 Å². The summed E-state index contributed by atoms with van der Waals surface area (Å²) < 4.78 is 22.3. The number of ether oxygens (including phenoxy) is 4. The van der Waals surface area contributed by atoms with Gasteiger partial charge in [-0.15, -0.1) is 0 Å². The third-order valence-corrected chi connectivity index (χ3v) is 4.14. The molecule has 0 aromatic rings. The molecule has 144 valence electrons. The Morgan fingerprint density at radius 2 is 1.17 bits per heavy atom. The van der Waals surface area contributed by atoms with E-state index in [4.69, 9.17) is 29.2 Å². The van der Waals surface area contributed by atoms with E-state index in [-0.39, 0.29) is 37.6 Å². The van der Waals surface area contributed by atoms with E-state index in [1.165, 1.54) is 0 Å². The Balaban J connectivity index is 0.000000240. The van der Waals surface area contributed by atoms with Crippen LogP contribution in [0.25, 0.3) is 0 Å². The van der Waals surface area contributed by atoms with Gasteiger partial charge in [0.25, 0.3) is 0 Å². The molecule has 0 aromatic carbocycles. The van der Waals surface area contributed by atoms with Crippen LogP contribution in [0.4, 0.5) is 0 Å². The fourth-order valence-corrected chi connectivity index (χ4v) is 3.22. The second-order valence-corrected chi connectivity index (χ2v) is 7.32. The van der Waals surface area contributed by atoms with Crippen LogP contribution in [0, 0.1) is 0 Å². The van der Waals surface area contributed by atoms with E-state index in [9.17, 15) is 0 Å². The first-order chi connectivity index (χ1) is 11.2. The molecule has 2 rings (SSSR count). The van der Waals surface area contributed by atoms with Crippen LogP contribution in [0.15, 0.2) is 0 Å². The van der Waals surface area contributed by atoms with Gasteiger partial charge in [-0.3, -0.25) is 0 Å². The molecule has 6 heteroatoms. The molecule has 2 aliphatic heterocycles. The third kappa shape index (κ3) is 6.58. The van der Waals surface area contributed by atoms with Crippen molar-refractivity contribution in [2.24, 2.45) is 0 Å². The van der Waals surface area contributed by atoms with E-state index in [2.05, 4.69) is 13.8 Å². The highest BCUT2D eigenvalue weighted by molar-refractivity contribution is 4.81. The van der Waals surface area contributed by atoms with Crippen molar-refractivity contribution >= 4 is 0 Å². The monoisotopic (exact) mass is 348 g/mol. The van der Waals surface area contributed by atoms with Crippen LogP contribution < -0.4 is 0 Å². The zero-order valence-electron chi connectivity index (χ0n) is 16.1. The molecule has 6 nitrogen and oxygen atoms in total. The van der Waals surface area contributed by atoms with Crippen molar-refractivity contribution in [1.82, 2.24) is 0 Å². The van der Waals surface area contributed by atoms with Gasteiger partial charge < -0.3 is 29.2 Å². The van der Waals surface area contributed by atoms with Crippen molar-refractivity contribution in [1.29, 1.82) is 0 Å². The molecule has 0 unspecified atom stereocenters. The summed E-state index contributed by atoms with van der Waals surface area (Å²) in [7, 11) is 0. The van der Waals surface area contributed by atoms with Crippen LogP contribution in [0.5, 0.6) is 0 Å². The standard InChI is InChI=1S/2C9H18O3/c1-4-7-8(5-6-10)12-9(2,3)11-7;1-4-5-7-8(6-10)12-9(2,3)11-7/h2*7-8,10H,4-6H2,1-3H3/t2*7-,8+/m10/s1. The van der Waals surface area contributed by atoms with Crippen molar-refractivity contribution < 1.29 is 29.2 Å². The Labute approximate surface area is 146 Å². The third-order valence-electron chi connectivity index (χ3n) is 4.14. The number of hydrogen-bond acceptors (Lipinski definition) is 6. The molecule has 0 spiro atoms. The Bertz CT molecular complexity index is 323. The van der Waals surface area contributed by atoms with Gasteiger partial charge in [-0.25, -0.2) is 0 Å². The highest BCUT2D eigenvalue weighted by atomic mass is 16.8. The predicted molar refractivity (Wildman–Crippen MR) is 91.6 cm³/mol. The molecule has 0 aliphatic carbocycles. The smallest absolute Gasteiger partial charge is 0.163 e. The van der Waals surface area contributed by atoms with Gasteiger partial charge in [0, 0.05) is 6.61 Å². The molecule has 0 bridgehead atoms. The summed E-state index contributed by atoms with van der Waals surface area (Å²) in [6.07, 6.45) is 3.75. The molecule has 0 aromatic heterocycles. The fourth-order valence-electron chi connectivity index (χ4n) is 3.22. The molecule has 2 fully saturated rings. The van der Waals surface area contributed by atoms with Crippen molar-refractivity contribution in [3.63, 3.8) is 0 Å². The van der Waals surface area contributed by atoms with Crippen molar-refractivity contribution in [2.45, 2.75) is 103 Å². The molecule has 0 saturated carbocycles. The van der Waals surface area contributed by atoms with Gasteiger partial charge in [0.05, 0.1) is 24.9 Å². The zero-order chi connectivity index (χ0) is 18.4. The predicted octanol–water partition coefficient (Wildman–Crippen LogP) is 2.60. The van der Waals surface area contributed by atoms with Crippen LogP contribution in [0.1, 0.15) is 67.2 Å². The van der Waals surface area contributed by atoms with Crippen LogP contribution in [0.2, 0.25) is 0 Å². The minimum atomic E-state index is -0.521. The van der Waals surface area contributed by atoms with E-state index in [1.54, 1.807) is 0 Å². The molecular weight excluding hydrogens is 312 g/mol. The average Bonchev–Trinajstić information content (AvgIpc) is 2.95. The Morgan fingerprint density at radius 3 is 1.58 bits per heavy atom. The highest BCUT2D eigenvalue weighted by Gasteiger charge is 2.40. The van der Waals surface area contributed by atoms with Crippen molar-refractivity contribution in [2.75, 3.05) is 13.2 Å². The lowest BCUT2D eigenvalue weighted by Gasteiger charge is -2.16. The number of aliphatic hydroxyl groups is 2. The first-order valence-electron chi connectivity index (χ1n) is 9.11. The fraction of sp³-hybridized carbons (Fsp3) is 1.00. The largest absolute Gasteiger partial charge is 0.396 e. The first kappa shape index (κ1) is 21.8. The van der Waals surface area contributed by atoms with E-state index >= 15 is 0 Å². The molecule has 24 heavy (non-hydrogen) atoms. The number of aliphatic hydroxyl groups excluding tert-OH is 2. The highest BCUT2D eigenvalue weighted by Crippen LogP contribution is 2.31. The second-order valence-electron chi connectivity index (χ2n) is 7.32. The van der Waals surface area contributed by atoms with E-state index in [1.807, 2.05) is 27.7 Å². The van der Waals surface area contributed by atoms with Gasteiger partial charge in [-0.1, -0.05) is 20.3 Å². The van der Waals surface area contributed by atoms with E-state index in [0.717, 1.165) is 19.3 Å². The van der Waals surface area contributed by atoms with Gasteiger partial charge in [0.15, 0.2) is 11.6 Å². The molecular formula is C18H36O6. The minimum absolute atomic E-state index is 0.0497. The number of hydrogen-bond donors (Lipinski definition) is 2. The topological polar surface area (TPSA) is 77.4 Å². The minimum Gasteiger partial charge on any atom is -0.396 e. The molecule has 2 heterocycles. The van der Waals surface area contributed by atoms with Gasteiger partial charge >= 0.3 is 0 Å². The van der Waals surface area contributed by atoms with Crippen LogP contribution in [0.3, 0.4) is 0 Å². The Kier molecular flexibility index (Phi) is 8.59. The summed E-state index contributed by atoms with van der Waals surface area (Å²) in [5.74, 6) is -0.992. The summed E-state index contributed by atoms with van der Waals surface area (Å²) >= 11 is 0. The Morgan fingerprint density at radius 1 is 0.708 bits per heavy atom. The van der Waals surface area contributed by atoms with E-state index in [0.29, 0.717) is 6.42 Å². The normalized spacial score (nSPS) is 34.0. The maximum Gasteiger partial charge on any atom is 0.163 e. The molecule has 4 atom stereocenters. The summed E-state index contributed by atoms with van der Waals surface area (Å²) in [6, 6.07) is 0. The van der Waals surface area contributed by atoms with Gasteiger partial charge in [-0.2, -0.15) is 0 Å². The molecule has 2 aliphatic rings. The lowest BCUT2D eigenvalue weighted by molar-refractivity contribution is -0.149. The zero-order valence-corrected chi connectivity index (χ0v) is 16.1. The number of rotatable bonds is 6. The average molecular weight is 348 g/mol. The molecule has 2 saturated heterocycles. The van der Waals surface area contributed by atoms with Gasteiger partial charge in [-0.05, 0) is 47.0 Å². The van der Waals surface area contributed by atoms with Gasteiger partial charge in [0.1, 0.15) is 6.10 Å². The second kappa shape index (κ2) is 9.46. The van der Waals surface area contributed by atoms with Crippen LogP contribution >= 0.6 is 0 Å². The molecule has 0 radical (unpaired) electrons. The van der Waals surface area contributed by atoms with Gasteiger partial charge in [0.2, 0.25) is 0 Å². The Hall–Kier alpha value is -0.240. The maximum absolute atomic E-state index is 8.99. The molecule has 2 N–H and O–H groups in total. The maximum atomic E-state index is 8.99. The summed E-state index contributed by atoms with van der Waals surface area (Å²) in [4.78, 5) is 0. The van der Waals surface area contributed by atoms with Crippen LogP contribution in [-0.4, -0.2) is 59.4 Å². The molecule has 0 amide bonds. The summed E-state index contributed by atoms with van der Waals surface area (Å²) in [5.41, 5.74) is 0. The van der Waals surface area contributed by atoms with Crippen molar-refractivity contribution in [3.8, 4) is 0 Å². The summed E-state index contributed by atoms with van der Waals surface area (Å²) in [6.45, 7) is 12.0. The van der Waals surface area contributed by atoms with Crippen LogP contribution in [-0.2, 0) is 18.9 Å². The lowest BCUT2D eigenvalue weighted by Crippen LogP contribution is -2.25. The first-order valence-corrected chi connectivity index (χ1v) is 9.11. The summed E-state index contributed by atoms with van der Waals surface area (Å²) in [5, 5.41) is 17.8. The lowest BCUT2D eigenvalue weighted by atomic mass is 10.1.